The summed E-state index contributed by atoms with van der Waals surface area (Å²) >= 11 is 0. The van der Waals surface area contributed by atoms with Crippen LogP contribution < -0.4 is 10.0 Å². The lowest BCUT2D eigenvalue weighted by Gasteiger charge is -2.32. The van der Waals surface area contributed by atoms with Crippen molar-refractivity contribution in [2.24, 2.45) is 0 Å². The number of nitrogens with zero attached hydrogens (tertiary/aromatic N) is 4. The van der Waals surface area contributed by atoms with E-state index in [2.05, 4.69) is 39.3 Å². The Morgan fingerprint density at radius 1 is 0.952 bits per heavy atom. The van der Waals surface area contributed by atoms with Crippen LogP contribution in [-0.4, -0.2) is 54.4 Å². The number of fused-ring (bicyclic) bond motifs is 1. The fourth-order valence-corrected chi connectivity index (χ4v) is 6.04. The largest absolute Gasteiger partial charge is 0.417 e. The lowest BCUT2D eigenvalue weighted by Crippen LogP contribution is -2.36. The van der Waals surface area contributed by atoms with Gasteiger partial charge in [-0.2, -0.15) is 13.2 Å². The maximum absolute atomic E-state index is 15.5. The molecular formula is C28H27F5N6O2S. The molecule has 2 heterocycles. The molecule has 0 saturated heterocycles. The van der Waals surface area contributed by atoms with Gasteiger partial charge >= 0.3 is 6.18 Å². The SMILES string of the molecule is CN(C)[C@H]1CC[C@H](Nc2ncc3cc(-c4c(F)ccc(NS(=O)(=O)c5cncc(C(F)(F)F)c5)c4F)ccc3n2)CC1. The Morgan fingerprint density at radius 2 is 1.69 bits per heavy atom. The highest BCUT2D eigenvalue weighted by Gasteiger charge is 2.33. The molecule has 5 rings (SSSR count). The smallest absolute Gasteiger partial charge is 0.351 e. The fourth-order valence-electron chi connectivity index (χ4n) is 5.00. The molecule has 0 amide bonds. The first-order chi connectivity index (χ1) is 19.8. The van der Waals surface area contributed by atoms with Gasteiger partial charge in [0, 0.05) is 36.1 Å². The van der Waals surface area contributed by atoms with E-state index < -0.39 is 49.5 Å². The summed E-state index contributed by atoms with van der Waals surface area (Å²) in [5.74, 6) is -1.77. The van der Waals surface area contributed by atoms with E-state index in [0.717, 1.165) is 37.8 Å². The van der Waals surface area contributed by atoms with Gasteiger partial charge in [-0.1, -0.05) is 6.07 Å². The van der Waals surface area contributed by atoms with Gasteiger partial charge < -0.3 is 10.2 Å². The number of halogens is 5. The zero-order valence-electron chi connectivity index (χ0n) is 22.6. The monoisotopic (exact) mass is 606 g/mol. The molecular weight excluding hydrogens is 579 g/mol. The van der Waals surface area contributed by atoms with Crippen LogP contribution in [0.15, 0.2) is 59.9 Å². The zero-order chi connectivity index (χ0) is 30.2. The van der Waals surface area contributed by atoms with Gasteiger partial charge in [-0.25, -0.2) is 27.2 Å². The lowest BCUT2D eigenvalue weighted by atomic mass is 9.91. The molecule has 1 fully saturated rings. The van der Waals surface area contributed by atoms with Gasteiger partial charge in [0.25, 0.3) is 10.0 Å². The average Bonchev–Trinajstić information content (AvgIpc) is 2.94. The maximum Gasteiger partial charge on any atom is 0.417 e. The van der Waals surface area contributed by atoms with Gasteiger partial charge in [0.15, 0.2) is 5.82 Å². The summed E-state index contributed by atoms with van der Waals surface area (Å²) in [6.45, 7) is 0. The first kappa shape index (κ1) is 29.6. The number of alkyl halides is 3. The second kappa shape index (κ2) is 11.4. The van der Waals surface area contributed by atoms with E-state index in [1.807, 2.05) is 4.72 Å². The molecule has 1 aliphatic rings. The first-order valence-electron chi connectivity index (χ1n) is 13.0. The molecule has 4 aromatic rings. The molecule has 2 N–H and O–H groups in total. The van der Waals surface area contributed by atoms with Crippen molar-refractivity contribution in [2.45, 2.75) is 48.8 Å². The second-order valence-corrected chi connectivity index (χ2v) is 12.1. The number of sulfonamides is 1. The Balaban J connectivity index is 1.38. The number of rotatable bonds is 7. The van der Waals surface area contributed by atoms with E-state index in [1.54, 1.807) is 6.07 Å². The minimum atomic E-state index is -4.84. The molecule has 8 nitrogen and oxygen atoms in total. The molecule has 2 aromatic heterocycles. The van der Waals surface area contributed by atoms with E-state index in [1.165, 1.54) is 18.3 Å². The molecule has 0 aliphatic heterocycles. The summed E-state index contributed by atoms with van der Waals surface area (Å²) in [4.78, 5) is 13.6. The first-order valence-corrected chi connectivity index (χ1v) is 14.5. The maximum atomic E-state index is 15.5. The predicted molar refractivity (Wildman–Crippen MR) is 148 cm³/mol. The van der Waals surface area contributed by atoms with Crippen LogP contribution in [-0.2, 0) is 16.2 Å². The van der Waals surface area contributed by atoms with Crippen LogP contribution in [0.3, 0.4) is 0 Å². The van der Waals surface area contributed by atoms with Gasteiger partial charge in [-0.15, -0.1) is 0 Å². The van der Waals surface area contributed by atoms with Crippen molar-refractivity contribution < 1.29 is 30.4 Å². The van der Waals surface area contributed by atoms with E-state index in [9.17, 15) is 26.0 Å². The predicted octanol–water partition coefficient (Wildman–Crippen LogP) is 6.07. The Hall–Kier alpha value is -3.91. The number of nitrogens with one attached hydrogen (secondary N) is 2. The van der Waals surface area contributed by atoms with Crippen molar-refractivity contribution in [3.05, 3.63) is 72.2 Å². The molecule has 2 aromatic carbocycles. The van der Waals surface area contributed by atoms with Crippen molar-refractivity contribution in [3.8, 4) is 11.1 Å². The Morgan fingerprint density at radius 3 is 2.38 bits per heavy atom. The van der Waals surface area contributed by atoms with Crippen LogP contribution in [0, 0.1) is 11.6 Å². The minimum Gasteiger partial charge on any atom is -0.351 e. The van der Waals surface area contributed by atoms with E-state index in [-0.39, 0.29) is 11.6 Å². The molecule has 42 heavy (non-hydrogen) atoms. The standard InChI is InChI=1S/C28H27F5N6O2S/c1-39(2)20-6-4-19(5-7-20)36-27-35-13-17-11-16(3-9-23(17)37-27)25-22(29)8-10-24(26(25)30)38-42(40,41)21-12-18(14-34-15-21)28(31,32)33/h3,8-15,19-20,38H,4-7H2,1-2H3,(H,35,36,37)/t19-,20-. The van der Waals surface area contributed by atoms with E-state index >= 15 is 4.39 Å². The Labute approximate surface area is 239 Å². The van der Waals surface area contributed by atoms with E-state index in [0.29, 0.717) is 41.4 Å². The molecule has 222 valence electrons. The normalized spacial score (nSPS) is 17.9. The van der Waals surface area contributed by atoms with Gasteiger partial charge in [0.2, 0.25) is 5.95 Å². The van der Waals surface area contributed by atoms with Crippen LogP contribution in [0.1, 0.15) is 31.2 Å². The van der Waals surface area contributed by atoms with Crippen molar-refractivity contribution in [3.63, 3.8) is 0 Å². The Kier molecular flexibility index (Phi) is 8.03. The van der Waals surface area contributed by atoms with Gasteiger partial charge in [-0.05, 0) is 75.7 Å². The highest BCUT2D eigenvalue weighted by molar-refractivity contribution is 7.92. The van der Waals surface area contributed by atoms with Gasteiger partial charge in [0.05, 0.1) is 22.3 Å². The molecule has 1 aliphatic carbocycles. The minimum absolute atomic E-state index is 0.0885. The lowest BCUT2D eigenvalue weighted by molar-refractivity contribution is -0.138. The highest BCUT2D eigenvalue weighted by atomic mass is 32.2. The number of hydrogen-bond donors (Lipinski definition) is 2. The van der Waals surface area contributed by atoms with Crippen LogP contribution in [0.25, 0.3) is 22.0 Å². The van der Waals surface area contributed by atoms with Crippen LogP contribution in [0.2, 0.25) is 0 Å². The van der Waals surface area contributed by atoms with E-state index in [4.69, 9.17) is 0 Å². The molecule has 0 unspecified atom stereocenters. The number of benzene rings is 2. The molecule has 1 saturated carbocycles. The van der Waals surface area contributed by atoms with Crippen molar-refractivity contribution in [2.75, 3.05) is 24.1 Å². The van der Waals surface area contributed by atoms with Gasteiger partial charge in [-0.3, -0.25) is 9.71 Å². The van der Waals surface area contributed by atoms with Crippen LogP contribution in [0.5, 0.6) is 0 Å². The fraction of sp³-hybridized carbons (Fsp3) is 0.321. The van der Waals surface area contributed by atoms with Crippen molar-refractivity contribution in [1.29, 1.82) is 0 Å². The molecule has 0 spiro atoms. The third-order valence-corrected chi connectivity index (χ3v) is 8.65. The Bertz CT molecular complexity index is 1720. The third kappa shape index (κ3) is 6.28. The number of hydrogen-bond acceptors (Lipinski definition) is 7. The summed E-state index contributed by atoms with van der Waals surface area (Å²) in [5, 5.41) is 3.85. The zero-order valence-corrected chi connectivity index (χ0v) is 23.4. The molecule has 0 atom stereocenters. The number of anilines is 2. The summed E-state index contributed by atoms with van der Waals surface area (Å²) in [6.07, 6.45) is 1.93. The van der Waals surface area contributed by atoms with Crippen LogP contribution >= 0.6 is 0 Å². The summed E-state index contributed by atoms with van der Waals surface area (Å²) in [6, 6.07) is 7.35. The molecule has 0 radical (unpaired) electrons. The third-order valence-electron chi connectivity index (χ3n) is 7.31. The summed E-state index contributed by atoms with van der Waals surface area (Å²) in [5.41, 5.74) is -1.85. The van der Waals surface area contributed by atoms with Gasteiger partial charge in [0.1, 0.15) is 10.7 Å². The highest BCUT2D eigenvalue weighted by Crippen LogP contribution is 2.34. The average molecular weight is 607 g/mol. The summed E-state index contributed by atoms with van der Waals surface area (Å²) < 4.78 is 96.9. The second-order valence-electron chi connectivity index (χ2n) is 10.4. The number of pyridine rings is 1. The van der Waals surface area contributed by atoms with Crippen molar-refractivity contribution >= 4 is 32.6 Å². The summed E-state index contributed by atoms with van der Waals surface area (Å²) in [7, 11) is -0.547. The topological polar surface area (TPSA) is 100 Å². The molecule has 0 bridgehead atoms. The quantitative estimate of drug-likeness (QED) is 0.246. The van der Waals surface area contributed by atoms with Crippen molar-refractivity contribution in [1.82, 2.24) is 19.9 Å². The molecule has 14 heteroatoms. The van der Waals surface area contributed by atoms with Crippen LogP contribution in [0.4, 0.5) is 33.6 Å². The number of aromatic nitrogens is 3.